The van der Waals surface area contributed by atoms with Gasteiger partial charge in [0, 0.05) is 10.6 Å². The minimum atomic E-state index is -0.423. The molecular weight excluding hydrogens is 400 g/mol. The number of fused-ring (bicyclic) bond motifs is 1. The standard InChI is InChI=1S/C19H21ClN4O3S/c1-12-21-18-24(22-12)17(25)16(28-18)15(13-3-2-4-14(20)11-13)23-7-5-19(6-8-23)26-9-10-27-19/h2-4,11,15,25H,5-10H2,1H3/p+1/t15-/m0/s1. The molecule has 0 amide bonds. The fourth-order valence-electron chi connectivity index (χ4n) is 4.32. The van der Waals surface area contributed by atoms with Crippen LogP contribution in [0.5, 0.6) is 5.88 Å². The van der Waals surface area contributed by atoms with Gasteiger partial charge in [-0.05, 0) is 19.1 Å². The minimum Gasteiger partial charge on any atom is -0.492 e. The Hall–Kier alpha value is -1.71. The lowest BCUT2D eigenvalue weighted by molar-refractivity contribution is -0.933. The third-order valence-electron chi connectivity index (χ3n) is 5.63. The average Bonchev–Trinajstić information content (AvgIpc) is 3.35. The van der Waals surface area contributed by atoms with E-state index in [2.05, 4.69) is 16.1 Å². The summed E-state index contributed by atoms with van der Waals surface area (Å²) in [6.45, 7) is 4.92. The van der Waals surface area contributed by atoms with E-state index < -0.39 is 5.79 Å². The highest BCUT2D eigenvalue weighted by molar-refractivity contribution is 7.17. The Balaban J connectivity index is 1.53. The van der Waals surface area contributed by atoms with Crippen molar-refractivity contribution in [1.82, 2.24) is 14.6 Å². The van der Waals surface area contributed by atoms with Gasteiger partial charge in [-0.1, -0.05) is 35.1 Å². The molecular formula is C19H22ClN4O3S+. The Kier molecular flexibility index (Phi) is 4.56. The molecule has 1 spiro atoms. The van der Waals surface area contributed by atoms with Crippen molar-refractivity contribution in [3.05, 3.63) is 45.6 Å². The van der Waals surface area contributed by atoms with Gasteiger partial charge in [0.2, 0.25) is 10.8 Å². The SMILES string of the molecule is Cc1nc2sc([C@H](c3cccc(Cl)c3)[NH+]3CCC4(CC3)OCCO4)c(O)n2n1. The molecule has 2 aliphatic rings. The predicted molar refractivity (Wildman–Crippen MR) is 105 cm³/mol. The van der Waals surface area contributed by atoms with E-state index in [0.29, 0.717) is 29.0 Å². The first-order chi connectivity index (χ1) is 13.5. The van der Waals surface area contributed by atoms with Crippen molar-refractivity contribution in [2.24, 2.45) is 0 Å². The van der Waals surface area contributed by atoms with Crippen LogP contribution in [0.3, 0.4) is 0 Å². The first-order valence-electron chi connectivity index (χ1n) is 9.48. The number of aryl methyl sites for hydroxylation is 1. The second-order valence-electron chi connectivity index (χ2n) is 7.40. The van der Waals surface area contributed by atoms with E-state index in [4.69, 9.17) is 21.1 Å². The zero-order chi connectivity index (χ0) is 19.3. The summed E-state index contributed by atoms with van der Waals surface area (Å²) in [7, 11) is 0. The predicted octanol–water partition coefficient (Wildman–Crippen LogP) is 1.97. The molecule has 0 unspecified atom stereocenters. The largest absolute Gasteiger partial charge is 0.492 e. The fraction of sp³-hybridized carbons (Fsp3) is 0.474. The molecule has 4 heterocycles. The highest BCUT2D eigenvalue weighted by Crippen LogP contribution is 2.36. The number of hydrogen-bond acceptors (Lipinski definition) is 6. The lowest BCUT2D eigenvalue weighted by Crippen LogP contribution is -3.14. The van der Waals surface area contributed by atoms with Crippen molar-refractivity contribution in [2.75, 3.05) is 26.3 Å². The van der Waals surface area contributed by atoms with Gasteiger partial charge >= 0.3 is 0 Å². The van der Waals surface area contributed by atoms with Gasteiger partial charge in [-0.15, -0.1) is 5.10 Å². The maximum Gasteiger partial charge on any atom is 0.235 e. The van der Waals surface area contributed by atoms with Crippen LogP contribution in [0.25, 0.3) is 4.96 Å². The summed E-state index contributed by atoms with van der Waals surface area (Å²) in [5.41, 5.74) is 1.07. The number of likely N-dealkylation sites (tertiary alicyclic amines) is 1. The van der Waals surface area contributed by atoms with Crippen LogP contribution in [0.4, 0.5) is 0 Å². The summed E-state index contributed by atoms with van der Waals surface area (Å²) in [4.78, 5) is 7.34. The van der Waals surface area contributed by atoms with Crippen molar-refractivity contribution >= 4 is 27.9 Å². The third-order valence-corrected chi connectivity index (χ3v) is 6.95. The summed E-state index contributed by atoms with van der Waals surface area (Å²) in [6.07, 6.45) is 1.67. The molecule has 0 bridgehead atoms. The molecule has 2 aliphatic heterocycles. The number of ether oxygens (including phenoxy) is 2. The van der Waals surface area contributed by atoms with Crippen LogP contribution < -0.4 is 4.90 Å². The van der Waals surface area contributed by atoms with E-state index in [1.807, 2.05) is 25.1 Å². The molecule has 148 valence electrons. The van der Waals surface area contributed by atoms with E-state index in [-0.39, 0.29) is 11.9 Å². The van der Waals surface area contributed by atoms with Crippen LogP contribution in [-0.4, -0.2) is 51.8 Å². The molecule has 2 fully saturated rings. The number of rotatable bonds is 3. The number of aromatic nitrogens is 3. The van der Waals surface area contributed by atoms with Gasteiger partial charge in [-0.25, -0.2) is 4.98 Å². The first-order valence-corrected chi connectivity index (χ1v) is 10.7. The monoisotopic (exact) mass is 421 g/mol. The third kappa shape index (κ3) is 3.09. The number of nitrogens with zero attached hydrogens (tertiary/aromatic N) is 3. The number of piperidine rings is 1. The molecule has 9 heteroatoms. The zero-order valence-electron chi connectivity index (χ0n) is 15.5. The fourth-order valence-corrected chi connectivity index (χ4v) is 5.71. The topological polar surface area (TPSA) is 73.3 Å². The van der Waals surface area contributed by atoms with Gasteiger partial charge in [0.25, 0.3) is 0 Å². The summed E-state index contributed by atoms with van der Waals surface area (Å²) in [5.74, 6) is 0.384. The Bertz CT molecular complexity index is 1000. The quantitative estimate of drug-likeness (QED) is 0.676. The number of hydrogen-bond donors (Lipinski definition) is 2. The lowest BCUT2D eigenvalue weighted by Gasteiger charge is -2.38. The summed E-state index contributed by atoms with van der Waals surface area (Å²) >= 11 is 7.78. The molecule has 3 aromatic rings. The van der Waals surface area contributed by atoms with Crippen LogP contribution in [0.2, 0.25) is 5.02 Å². The molecule has 1 atom stereocenters. The minimum absolute atomic E-state index is 0.0498. The van der Waals surface area contributed by atoms with Crippen molar-refractivity contribution in [2.45, 2.75) is 31.6 Å². The highest BCUT2D eigenvalue weighted by Gasteiger charge is 2.45. The Labute approximate surface area is 171 Å². The molecule has 1 aromatic carbocycles. The molecule has 7 nitrogen and oxygen atoms in total. The van der Waals surface area contributed by atoms with E-state index in [0.717, 1.165) is 36.4 Å². The number of benzene rings is 1. The maximum atomic E-state index is 10.9. The van der Waals surface area contributed by atoms with Crippen molar-refractivity contribution < 1.29 is 19.5 Å². The molecule has 28 heavy (non-hydrogen) atoms. The normalized spacial score (nSPS) is 20.9. The second kappa shape index (κ2) is 6.96. The number of thiazole rings is 1. The summed E-state index contributed by atoms with van der Waals surface area (Å²) in [6, 6.07) is 7.82. The average molecular weight is 422 g/mol. The smallest absolute Gasteiger partial charge is 0.235 e. The van der Waals surface area contributed by atoms with Gasteiger partial charge < -0.3 is 19.5 Å². The Morgan fingerprint density at radius 3 is 2.71 bits per heavy atom. The highest BCUT2D eigenvalue weighted by atomic mass is 35.5. The van der Waals surface area contributed by atoms with Crippen molar-refractivity contribution in [3.8, 4) is 5.88 Å². The van der Waals surface area contributed by atoms with Gasteiger partial charge in [0.15, 0.2) is 11.8 Å². The van der Waals surface area contributed by atoms with Crippen molar-refractivity contribution in [3.63, 3.8) is 0 Å². The summed E-state index contributed by atoms with van der Waals surface area (Å²) in [5, 5.41) is 15.9. The number of halogens is 1. The molecule has 5 rings (SSSR count). The molecule has 0 radical (unpaired) electrons. The number of aromatic hydroxyl groups is 1. The molecule has 2 saturated heterocycles. The van der Waals surface area contributed by atoms with Crippen LogP contribution >= 0.6 is 22.9 Å². The van der Waals surface area contributed by atoms with E-state index in [1.165, 1.54) is 20.8 Å². The van der Waals surface area contributed by atoms with Gasteiger partial charge in [0.1, 0.15) is 10.7 Å². The zero-order valence-corrected chi connectivity index (χ0v) is 17.1. The van der Waals surface area contributed by atoms with Gasteiger partial charge in [0.05, 0.1) is 39.1 Å². The molecule has 2 N–H and O–H groups in total. The number of nitrogens with one attached hydrogen (secondary N) is 1. The Morgan fingerprint density at radius 1 is 1.29 bits per heavy atom. The second-order valence-corrected chi connectivity index (χ2v) is 8.84. The maximum absolute atomic E-state index is 10.9. The number of quaternary nitrogens is 1. The van der Waals surface area contributed by atoms with Gasteiger partial charge in [-0.3, -0.25) is 0 Å². The summed E-state index contributed by atoms with van der Waals surface area (Å²) < 4.78 is 13.3. The van der Waals surface area contributed by atoms with E-state index in [1.54, 1.807) is 0 Å². The van der Waals surface area contributed by atoms with Crippen LogP contribution in [0.1, 0.15) is 35.1 Å². The molecule has 0 aliphatic carbocycles. The lowest BCUT2D eigenvalue weighted by atomic mass is 9.97. The van der Waals surface area contributed by atoms with E-state index in [9.17, 15) is 5.11 Å². The van der Waals surface area contributed by atoms with Gasteiger partial charge in [-0.2, -0.15) is 4.52 Å². The van der Waals surface area contributed by atoms with Crippen LogP contribution in [-0.2, 0) is 9.47 Å². The Morgan fingerprint density at radius 2 is 2.04 bits per heavy atom. The van der Waals surface area contributed by atoms with Crippen LogP contribution in [0.15, 0.2) is 24.3 Å². The van der Waals surface area contributed by atoms with Crippen LogP contribution in [0, 0.1) is 6.92 Å². The van der Waals surface area contributed by atoms with E-state index >= 15 is 0 Å². The van der Waals surface area contributed by atoms with Crippen molar-refractivity contribution in [1.29, 1.82) is 0 Å². The molecule has 0 saturated carbocycles. The first kappa shape index (κ1) is 18.3. The molecule has 2 aromatic heterocycles.